The van der Waals surface area contributed by atoms with Gasteiger partial charge in [0.15, 0.2) is 5.79 Å². The number of ether oxygens (including phenoxy) is 3. The lowest BCUT2D eigenvalue weighted by Gasteiger charge is -2.61. The lowest BCUT2D eigenvalue weighted by atomic mass is 9.44. The van der Waals surface area contributed by atoms with Gasteiger partial charge in [0.25, 0.3) is 0 Å². The second-order valence-electron chi connectivity index (χ2n) is 11.6. The van der Waals surface area contributed by atoms with Crippen LogP contribution in [-0.4, -0.2) is 31.1 Å². The standard InChI is InChI=1S/C25H40O4/c1-16(26)29-22-8-7-20-19-6-5-17-15-18(25(4)27-13-14-28-25)9-11-23(17,2)21(19)10-12-24(20,22)3/h17-22H,5-15H2,1-4H3/t17-,18+,19+,20+,21+,22-,23+,24+/m1/s1. The van der Waals surface area contributed by atoms with Crippen molar-refractivity contribution in [3.63, 3.8) is 0 Å². The predicted octanol–water partition coefficient (Wildman–Crippen LogP) is 5.34. The molecule has 0 bridgehead atoms. The molecule has 0 unspecified atom stereocenters. The minimum atomic E-state index is -0.341. The summed E-state index contributed by atoms with van der Waals surface area (Å²) in [5.74, 6) is 3.32. The van der Waals surface area contributed by atoms with Gasteiger partial charge in [0.05, 0.1) is 13.2 Å². The first kappa shape index (κ1) is 20.3. The maximum atomic E-state index is 11.7. The summed E-state index contributed by atoms with van der Waals surface area (Å²) in [6, 6.07) is 0. The molecule has 1 aliphatic heterocycles. The highest BCUT2D eigenvalue weighted by molar-refractivity contribution is 5.66. The summed E-state index contributed by atoms with van der Waals surface area (Å²) in [4.78, 5) is 11.7. The van der Waals surface area contributed by atoms with E-state index in [2.05, 4.69) is 20.8 Å². The largest absolute Gasteiger partial charge is 0.462 e. The highest BCUT2D eigenvalue weighted by Crippen LogP contribution is 2.67. The zero-order chi connectivity index (χ0) is 20.4. The van der Waals surface area contributed by atoms with Crippen LogP contribution in [0.2, 0.25) is 0 Å². The van der Waals surface area contributed by atoms with Gasteiger partial charge in [-0.3, -0.25) is 4.79 Å². The molecule has 4 saturated carbocycles. The molecular weight excluding hydrogens is 364 g/mol. The second kappa shape index (κ2) is 6.95. The molecule has 0 aromatic heterocycles. The molecule has 29 heavy (non-hydrogen) atoms. The maximum Gasteiger partial charge on any atom is 0.302 e. The highest BCUT2D eigenvalue weighted by Gasteiger charge is 2.61. The average molecular weight is 405 g/mol. The molecular formula is C25H40O4. The molecule has 0 aromatic carbocycles. The molecule has 1 saturated heterocycles. The van der Waals surface area contributed by atoms with Crippen LogP contribution < -0.4 is 0 Å². The van der Waals surface area contributed by atoms with Crippen LogP contribution in [0.15, 0.2) is 0 Å². The van der Waals surface area contributed by atoms with Gasteiger partial charge in [-0.25, -0.2) is 0 Å². The molecule has 0 radical (unpaired) electrons. The predicted molar refractivity (Wildman–Crippen MR) is 111 cm³/mol. The van der Waals surface area contributed by atoms with Crippen LogP contribution >= 0.6 is 0 Å². The third-order valence-corrected chi connectivity index (χ3v) is 10.5. The normalized spacial score (nSPS) is 51.0. The van der Waals surface area contributed by atoms with Crippen LogP contribution in [0.4, 0.5) is 0 Å². The van der Waals surface area contributed by atoms with Crippen molar-refractivity contribution in [3.8, 4) is 0 Å². The third kappa shape index (κ3) is 3.03. The van der Waals surface area contributed by atoms with Gasteiger partial charge in [0.2, 0.25) is 0 Å². The topological polar surface area (TPSA) is 44.8 Å². The fourth-order valence-electron chi connectivity index (χ4n) is 8.85. The molecule has 0 N–H and O–H groups in total. The zero-order valence-corrected chi connectivity index (χ0v) is 18.9. The van der Waals surface area contributed by atoms with Crippen molar-refractivity contribution in [2.45, 2.75) is 97.4 Å². The Morgan fingerprint density at radius 2 is 1.52 bits per heavy atom. The molecule has 4 aliphatic carbocycles. The van der Waals surface area contributed by atoms with E-state index in [4.69, 9.17) is 14.2 Å². The number of rotatable bonds is 2. The first-order valence-electron chi connectivity index (χ1n) is 12.2. The number of esters is 1. The van der Waals surface area contributed by atoms with Crippen LogP contribution in [-0.2, 0) is 19.0 Å². The molecule has 4 nitrogen and oxygen atoms in total. The van der Waals surface area contributed by atoms with Crippen molar-refractivity contribution >= 4 is 5.97 Å². The Morgan fingerprint density at radius 1 is 0.828 bits per heavy atom. The molecule has 4 heteroatoms. The Hall–Kier alpha value is -0.610. The minimum Gasteiger partial charge on any atom is -0.462 e. The SMILES string of the molecule is CC(=O)O[C@@H]1CC[C@H]2[C@@H]3CC[C@@H]4C[C@@H](C5(C)OCCO5)CC[C@]4(C)[C@H]3CC[C@]12C. The highest BCUT2D eigenvalue weighted by atomic mass is 16.7. The van der Waals surface area contributed by atoms with Gasteiger partial charge in [-0.2, -0.15) is 0 Å². The van der Waals surface area contributed by atoms with E-state index in [0.717, 1.165) is 43.3 Å². The van der Waals surface area contributed by atoms with E-state index in [0.29, 0.717) is 11.3 Å². The first-order chi connectivity index (χ1) is 13.8. The number of hydrogen-bond acceptors (Lipinski definition) is 4. The smallest absolute Gasteiger partial charge is 0.302 e. The van der Waals surface area contributed by atoms with Gasteiger partial charge in [0.1, 0.15) is 6.10 Å². The van der Waals surface area contributed by atoms with E-state index >= 15 is 0 Å². The minimum absolute atomic E-state index is 0.0992. The molecule has 164 valence electrons. The average Bonchev–Trinajstić information content (AvgIpc) is 3.25. The molecule has 8 atom stereocenters. The molecule has 1 heterocycles. The van der Waals surface area contributed by atoms with Gasteiger partial charge in [-0.05, 0) is 93.8 Å². The lowest BCUT2D eigenvalue weighted by Crippen LogP contribution is -2.55. The number of hydrogen-bond donors (Lipinski definition) is 0. The summed E-state index contributed by atoms with van der Waals surface area (Å²) in [5.41, 5.74) is 0.668. The Labute approximate surface area is 176 Å². The van der Waals surface area contributed by atoms with E-state index in [-0.39, 0.29) is 23.3 Å². The van der Waals surface area contributed by atoms with Crippen molar-refractivity contribution in [2.75, 3.05) is 13.2 Å². The third-order valence-electron chi connectivity index (χ3n) is 10.5. The zero-order valence-electron chi connectivity index (χ0n) is 18.9. The molecule has 0 spiro atoms. The van der Waals surface area contributed by atoms with Crippen LogP contribution in [0.5, 0.6) is 0 Å². The van der Waals surface area contributed by atoms with Crippen molar-refractivity contribution in [2.24, 2.45) is 40.4 Å². The summed E-state index contributed by atoms with van der Waals surface area (Å²) >= 11 is 0. The van der Waals surface area contributed by atoms with Gasteiger partial charge in [-0.15, -0.1) is 0 Å². The molecule has 0 aromatic rings. The molecule has 0 amide bonds. The monoisotopic (exact) mass is 404 g/mol. The number of carbonyl (C=O) groups excluding carboxylic acids is 1. The fourth-order valence-corrected chi connectivity index (χ4v) is 8.85. The summed E-state index contributed by atoms with van der Waals surface area (Å²) in [7, 11) is 0. The Bertz CT molecular complexity index is 655. The first-order valence-corrected chi connectivity index (χ1v) is 12.2. The summed E-state index contributed by atoms with van der Waals surface area (Å²) in [5, 5.41) is 0. The quantitative estimate of drug-likeness (QED) is 0.583. The number of carbonyl (C=O) groups is 1. The van der Waals surface area contributed by atoms with Crippen LogP contribution in [0, 0.1) is 40.4 Å². The molecule has 5 fully saturated rings. The van der Waals surface area contributed by atoms with Crippen molar-refractivity contribution in [3.05, 3.63) is 0 Å². The van der Waals surface area contributed by atoms with E-state index in [9.17, 15) is 4.79 Å². The summed E-state index contributed by atoms with van der Waals surface area (Å²) in [6.07, 6.45) is 11.6. The lowest BCUT2D eigenvalue weighted by molar-refractivity contribution is -0.211. The van der Waals surface area contributed by atoms with Gasteiger partial charge < -0.3 is 14.2 Å². The van der Waals surface area contributed by atoms with Gasteiger partial charge in [-0.1, -0.05) is 13.8 Å². The maximum absolute atomic E-state index is 11.7. The Kier molecular flexibility index (Phi) is 4.87. The van der Waals surface area contributed by atoms with E-state index in [1.165, 1.54) is 51.4 Å². The number of fused-ring (bicyclic) bond motifs is 5. The Morgan fingerprint density at radius 3 is 2.24 bits per heavy atom. The molecule has 5 aliphatic rings. The van der Waals surface area contributed by atoms with Crippen LogP contribution in [0.25, 0.3) is 0 Å². The van der Waals surface area contributed by atoms with E-state index in [1.807, 2.05) is 0 Å². The van der Waals surface area contributed by atoms with Gasteiger partial charge in [0, 0.05) is 18.3 Å². The summed E-state index contributed by atoms with van der Waals surface area (Å²) < 4.78 is 17.9. The molecule has 5 rings (SSSR count). The van der Waals surface area contributed by atoms with Crippen LogP contribution in [0.1, 0.15) is 85.5 Å². The van der Waals surface area contributed by atoms with Gasteiger partial charge >= 0.3 is 5.97 Å². The second-order valence-corrected chi connectivity index (χ2v) is 11.6. The Balaban J connectivity index is 1.33. The van der Waals surface area contributed by atoms with Crippen molar-refractivity contribution < 1.29 is 19.0 Å². The van der Waals surface area contributed by atoms with Crippen molar-refractivity contribution in [1.29, 1.82) is 0 Å². The fraction of sp³-hybridized carbons (Fsp3) is 0.960. The van der Waals surface area contributed by atoms with E-state index < -0.39 is 0 Å². The summed E-state index contributed by atoms with van der Waals surface area (Å²) in [6.45, 7) is 10.3. The van der Waals surface area contributed by atoms with Crippen molar-refractivity contribution in [1.82, 2.24) is 0 Å². The van der Waals surface area contributed by atoms with Crippen LogP contribution in [0.3, 0.4) is 0 Å². The van der Waals surface area contributed by atoms with E-state index in [1.54, 1.807) is 6.92 Å².